The molecule has 1 unspecified atom stereocenters. The molecule has 0 aliphatic rings. The zero-order valence-corrected chi connectivity index (χ0v) is 13.6. The second kappa shape index (κ2) is 7.76. The SMILES string of the molecule is Cc1cccc(CSCC(CBr)c2ccccc2)c1. The fourth-order valence-corrected chi connectivity index (χ4v) is 4.11. The maximum Gasteiger partial charge on any atom is 0.0184 e. The van der Waals surface area contributed by atoms with Crippen LogP contribution in [0, 0.1) is 6.92 Å². The molecule has 0 amide bonds. The van der Waals surface area contributed by atoms with E-state index in [4.69, 9.17) is 0 Å². The molecule has 0 N–H and O–H groups in total. The van der Waals surface area contributed by atoms with Crippen molar-refractivity contribution in [3.63, 3.8) is 0 Å². The van der Waals surface area contributed by atoms with E-state index in [9.17, 15) is 0 Å². The van der Waals surface area contributed by atoms with Crippen LogP contribution in [0.15, 0.2) is 54.6 Å². The van der Waals surface area contributed by atoms with Gasteiger partial charge in [-0.2, -0.15) is 11.8 Å². The highest BCUT2D eigenvalue weighted by atomic mass is 79.9. The molecule has 0 fully saturated rings. The minimum Gasteiger partial charge on any atom is -0.157 e. The standard InChI is InChI=1S/C17H19BrS/c1-14-6-5-7-15(10-14)12-19-13-17(11-18)16-8-3-2-4-9-16/h2-10,17H,11-13H2,1H3. The zero-order chi connectivity index (χ0) is 13.5. The molecule has 0 aliphatic heterocycles. The summed E-state index contributed by atoms with van der Waals surface area (Å²) in [6.07, 6.45) is 0. The van der Waals surface area contributed by atoms with Gasteiger partial charge in [0.1, 0.15) is 0 Å². The normalized spacial score (nSPS) is 12.3. The van der Waals surface area contributed by atoms with Crippen molar-refractivity contribution in [3.05, 3.63) is 71.3 Å². The molecular formula is C17H19BrS. The monoisotopic (exact) mass is 334 g/mol. The lowest BCUT2D eigenvalue weighted by molar-refractivity contribution is 0.902. The quantitative estimate of drug-likeness (QED) is 0.636. The van der Waals surface area contributed by atoms with Crippen molar-refractivity contribution in [1.29, 1.82) is 0 Å². The zero-order valence-electron chi connectivity index (χ0n) is 11.2. The summed E-state index contributed by atoms with van der Waals surface area (Å²) in [5, 5.41) is 1.03. The average Bonchev–Trinajstić information content (AvgIpc) is 2.45. The molecule has 0 aromatic heterocycles. The van der Waals surface area contributed by atoms with Crippen molar-refractivity contribution in [2.75, 3.05) is 11.1 Å². The van der Waals surface area contributed by atoms with E-state index < -0.39 is 0 Å². The van der Waals surface area contributed by atoms with Gasteiger partial charge in [-0.05, 0) is 18.1 Å². The lowest BCUT2D eigenvalue weighted by atomic mass is 10.0. The van der Waals surface area contributed by atoms with E-state index in [0.717, 1.165) is 16.8 Å². The van der Waals surface area contributed by atoms with Crippen molar-refractivity contribution in [2.45, 2.75) is 18.6 Å². The lowest BCUT2D eigenvalue weighted by Gasteiger charge is -2.14. The molecule has 2 rings (SSSR count). The number of benzene rings is 2. The molecule has 0 saturated heterocycles. The van der Waals surface area contributed by atoms with Crippen LogP contribution in [0.4, 0.5) is 0 Å². The summed E-state index contributed by atoms with van der Waals surface area (Å²) in [5.74, 6) is 2.84. The number of hydrogen-bond donors (Lipinski definition) is 0. The lowest BCUT2D eigenvalue weighted by Crippen LogP contribution is -2.03. The summed E-state index contributed by atoms with van der Waals surface area (Å²) in [7, 11) is 0. The Morgan fingerprint density at radius 1 is 1.05 bits per heavy atom. The Kier molecular flexibility index (Phi) is 5.99. The molecule has 0 nitrogen and oxygen atoms in total. The molecule has 2 aromatic rings. The van der Waals surface area contributed by atoms with E-state index in [1.807, 2.05) is 11.8 Å². The van der Waals surface area contributed by atoms with Gasteiger partial charge < -0.3 is 0 Å². The maximum atomic E-state index is 3.64. The van der Waals surface area contributed by atoms with Gasteiger partial charge in [-0.15, -0.1) is 0 Å². The fourth-order valence-electron chi connectivity index (χ4n) is 2.08. The molecule has 0 saturated carbocycles. The molecular weight excluding hydrogens is 316 g/mol. The number of hydrogen-bond acceptors (Lipinski definition) is 1. The first-order valence-corrected chi connectivity index (χ1v) is 8.81. The van der Waals surface area contributed by atoms with Crippen LogP contribution >= 0.6 is 27.7 Å². The Bertz CT molecular complexity index is 496. The van der Waals surface area contributed by atoms with Gasteiger partial charge in [0.25, 0.3) is 0 Å². The van der Waals surface area contributed by atoms with Crippen molar-refractivity contribution in [1.82, 2.24) is 0 Å². The topological polar surface area (TPSA) is 0 Å². The predicted molar refractivity (Wildman–Crippen MR) is 90.3 cm³/mol. The summed E-state index contributed by atoms with van der Waals surface area (Å²) in [6.45, 7) is 2.15. The van der Waals surface area contributed by atoms with E-state index in [-0.39, 0.29) is 0 Å². The van der Waals surface area contributed by atoms with E-state index in [2.05, 4.69) is 77.5 Å². The van der Waals surface area contributed by atoms with Crippen LogP contribution in [0.1, 0.15) is 22.6 Å². The molecule has 0 heterocycles. The van der Waals surface area contributed by atoms with Crippen molar-refractivity contribution < 1.29 is 0 Å². The smallest absolute Gasteiger partial charge is 0.0184 e. The van der Waals surface area contributed by atoms with Gasteiger partial charge in [0.05, 0.1) is 0 Å². The third-order valence-corrected chi connectivity index (χ3v) is 5.08. The number of alkyl halides is 1. The van der Waals surface area contributed by atoms with Crippen molar-refractivity contribution in [3.8, 4) is 0 Å². The molecule has 0 spiro atoms. The van der Waals surface area contributed by atoms with Crippen LogP contribution in [0.3, 0.4) is 0 Å². The maximum absolute atomic E-state index is 3.64. The van der Waals surface area contributed by atoms with Gasteiger partial charge in [-0.3, -0.25) is 0 Å². The Labute approximate surface area is 128 Å². The summed E-state index contributed by atoms with van der Waals surface area (Å²) in [5.41, 5.74) is 4.20. The second-order valence-corrected chi connectivity index (χ2v) is 6.44. The highest BCUT2D eigenvalue weighted by Crippen LogP contribution is 2.25. The van der Waals surface area contributed by atoms with Crippen molar-refractivity contribution in [2.24, 2.45) is 0 Å². The summed E-state index contributed by atoms with van der Waals surface area (Å²) >= 11 is 5.65. The largest absolute Gasteiger partial charge is 0.157 e. The summed E-state index contributed by atoms with van der Waals surface area (Å²) < 4.78 is 0. The Hall–Kier alpha value is -0.730. The number of halogens is 1. The molecule has 0 aliphatic carbocycles. The summed E-state index contributed by atoms with van der Waals surface area (Å²) in [6, 6.07) is 19.5. The minimum atomic E-state index is 0.594. The summed E-state index contributed by atoms with van der Waals surface area (Å²) in [4.78, 5) is 0. The molecule has 1 atom stereocenters. The van der Waals surface area contributed by atoms with Crippen LogP contribution in [-0.4, -0.2) is 11.1 Å². The average molecular weight is 335 g/mol. The van der Waals surface area contributed by atoms with Gasteiger partial charge in [0, 0.05) is 22.8 Å². The first-order valence-electron chi connectivity index (χ1n) is 6.54. The number of thioether (sulfide) groups is 1. The molecule has 2 heteroatoms. The molecule has 2 aromatic carbocycles. The molecule has 0 bridgehead atoms. The van der Waals surface area contributed by atoms with Gasteiger partial charge in [-0.25, -0.2) is 0 Å². The highest BCUT2D eigenvalue weighted by Gasteiger charge is 2.09. The fraction of sp³-hybridized carbons (Fsp3) is 0.294. The van der Waals surface area contributed by atoms with Crippen LogP contribution in [0.5, 0.6) is 0 Å². The van der Waals surface area contributed by atoms with Gasteiger partial charge in [0.15, 0.2) is 0 Å². The van der Waals surface area contributed by atoms with Gasteiger partial charge in [-0.1, -0.05) is 76.1 Å². The van der Waals surface area contributed by atoms with Crippen molar-refractivity contribution >= 4 is 27.7 Å². The second-order valence-electron chi connectivity index (χ2n) is 4.77. The third kappa shape index (κ3) is 4.70. The molecule has 100 valence electrons. The third-order valence-electron chi connectivity index (χ3n) is 3.13. The highest BCUT2D eigenvalue weighted by molar-refractivity contribution is 9.09. The molecule has 19 heavy (non-hydrogen) atoms. The first kappa shape index (κ1) is 14.7. The number of rotatable bonds is 6. The van der Waals surface area contributed by atoms with Crippen LogP contribution in [-0.2, 0) is 5.75 Å². The van der Waals surface area contributed by atoms with Crippen LogP contribution in [0.25, 0.3) is 0 Å². The predicted octanol–water partition coefficient (Wildman–Crippen LogP) is 5.41. The van der Waals surface area contributed by atoms with E-state index in [1.165, 1.54) is 16.7 Å². The Morgan fingerprint density at radius 2 is 1.84 bits per heavy atom. The number of aryl methyl sites for hydroxylation is 1. The van der Waals surface area contributed by atoms with Gasteiger partial charge in [0.2, 0.25) is 0 Å². The van der Waals surface area contributed by atoms with E-state index in [0.29, 0.717) is 5.92 Å². The van der Waals surface area contributed by atoms with Gasteiger partial charge >= 0.3 is 0 Å². The Morgan fingerprint density at radius 3 is 2.53 bits per heavy atom. The molecule has 0 radical (unpaired) electrons. The van der Waals surface area contributed by atoms with Crippen LogP contribution < -0.4 is 0 Å². The van der Waals surface area contributed by atoms with E-state index in [1.54, 1.807) is 0 Å². The van der Waals surface area contributed by atoms with E-state index >= 15 is 0 Å². The first-order chi connectivity index (χ1) is 9.29. The Balaban J connectivity index is 1.87. The minimum absolute atomic E-state index is 0.594. The van der Waals surface area contributed by atoms with Crippen LogP contribution in [0.2, 0.25) is 0 Å².